The van der Waals surface area contributed by atoms with Crippen LogP contribution in [0, 0.1) is 0 Å². The zero-order chi connectivity index (χ0) is 15.4. The predicted octanol–water partition coefficient (Wildman–Crippen LogP) is 4.42. The number of amides is 1. The summed E-state index contributed by atoms with van der Waals surface area (Å²) in [5.41, 5.74) is 2.71. The van der Waals surface area contributed by atoms with E-state index in [0.717, 1.165) is 15.7 Å². The van der Waals surface area contributed by atoms with Crippen LogP contribution in [0.5, 0.6) is 0 Å². The summed E-state index contributed by atoms with van der Waals surface area (Å²) in [6.07, 6.45) is 0. The summed E-state index contributed by atoms with van der Waals surface area (Å²) in [4.78, 5) is 13.4. The van der Waals surface area contributed by atoms with Gasteiger partial charge in [0.1, 0.15) is 0 Å². The number of halogens is 2. The molecule has 2 aromatic carbocycles. The van der Waals surface area contributed by atoms with Crippen molar-refractivity contribution in [2.24, 2.45) is 0 Å². The lowest BCUT2D eigenvalue weighted by atomic mass is 10.1. The topological polar surface area (TPSA) is 32.3 Å². The maximum absolute atomic E-state index is 11.8. The smallest absolute Gasteiger partial charge is 0.253 e. The number of hydrogen-bond acceptors (Lipinski definition) is 2. The molecule has 0 aliphatic heterocycles. The normalized spacial score (nSPS) is 10.3. The van der Waals surface area contributed by atoms with Gasteiger partial charge in [0.05, 0.1) is 0 Å². The van der Waals surface area contributed by atoms with Crippen LogP contribution in [-0.2, 0) is 6.54 Å². The van der Waals surface area contributed by atoms with Gasteiger partial charge in [0.15, 0.2) is 0 Å². The van der Waals surface area contributed by atoms with Crippen LogP contribution in [0.3, 0.4) is 0 Å². The van der Waals surface area contributed by atoms with Crippen molar-refractivity contribution in [2.75, 3.05) is 19.4 Å². The Morgan fingerprint density at radius 1 is 1.19 bits per heavy atom. The second-order valence-corrected chi connectivity index (χ2v) is 6.16. The van der Waals surface area contributed by atoms with Crippen molar-refractivity contribution in [1.82, 2.24) is 4.90 Å². The lowest BCUT2D eigenvalue weighted by molar-refractivity contribution is 0.0827. The largest absolute Gasteiger partial charge is 0.381 e. The van der Waals surface area contributed by atoms with Crippen molar-refractivity contribution in [3.05, 3.63) is 63.1 Å². The Hall–Kier alpha value is -1.52. The average Bonchev–Trinajstić information content (AvgIpc) is 2.48. The van der Waals surface area contributed by atoms with Gasteiger partial charge < -0.3 is 10.2 Å². The number of carbonyl (C=O) groups is 1. The Morgan fingerprint density at radius 2 is 1.86 bits per heavy atom. The summed E-state index contributed by atoms with van der Waals surface area (Å²) >= 11 is 9.49. The Bertz CT molecular complexity index is 641. The maximum Gasteiger partial charge on any atom is 0.253 e. The van der Waals surface area contributed by atoms with Gasteiger partial charge in [-0.1, -0.05) is 27.5 Å². The zero-order valence-electron chi connectivity index (χ0n) is 11.9. The summed E-state index contributed by atoms with van der Waals surface area (Å²) in [7, 11) is 3.48. The van der Waals surface area contributed by atoms with Crippen LogP contribution in [0.4, 0.5) is 5.69 Å². The third-order valence-electron chi connectivity index (χ3n) is 3.03. The lowest BCUT2D eigenvalue weighted by Gasteiger charge is -2.12. The first-order valence-corrected chi connectivity index (χ1v) is 7.64. The van der Waals surface area contributed by atoms with Gasteiger partial charge in [-0.15, -0.1) is 0 Å². The minimum Gasteiger partial charge on any atom is -0.381 e. The number of hydrogen-bond donors (Lipinski definition) is 1. The highest BCUT2D eigenvalue weighted by Gasteiger charge is 2.07. The highest BCUT2D eigenvalue weighted by Crippen LogP contribution is 2.22. The summed E-state index contributed by atoms with van der Waals surface area (Å²) in [6.45, 7) is 0.655. The molecule has 0 saturated carbocycles. The highest BCUT2D eigenvalue weighted by molar-refractivity contribution is 9.10. The second kappa shape index (κ2) is 6.96. The van der Waals surface area contributed by atoms with E-state index >= 15 is 0 Å². The van der Waals surface area contributed by atoms with Crippen LogP contribution >= 0.6 is 27.5 Å². The summed E-state index contributed by atoms with van der Waals surface area (Å²) in [5, 5.41) is 4.02. The van der Waals surface area contributed by atoms with E-state index in [9.17, 15) is 4.79 Å². The van der Waals surface area contributed by atoms with Crippen LogP contribution < -0.4 is 5.32 Å². The zero-order valence-corrected chi connectivity index (χ0v) is 14.2. The minimum absolute atomic E-state index is 0.000800. The van der Waals surface area contributed by atoms with E-state index in [0.29, 0.717) is 17.1 Å². The van der Waals surface area contributed by atoms with Crippen molar-refractivity contribution < 1.29 is 4.79 Å². The molecule has 0 radical (unpaired) electrons. The van der Waals surface area contributed by atoms with Gasteiger partial charge in [-0.05, 0) is 48.0 Å². The van der Waals surface area contributed by atoms with Crippen LogP contribution in [0.2, 0.25) is 5.02 Å². The van der Waals surface area contributed by atoms with Crippen molar-refractivity contribution in [3.8, 4) is 0 Å². The van der Waals surface area contributed by atoms with Gasteiger partial charge in [0.2, 0.25) is 0 Å². The second-order valence-electron chi connectivity index (χ2n) is 4.87. The van der Waals surface area contributed by atoms with Gasteiger partial charge in [0, 0.05) is 41.4 Å². The molecule has 1 N–H and O–H groups in total. The molecule has 0 heterocycles. The molecule has 0 aliphatic carbocycles. The van der Waals surface area contributed by atoms with Crippen LogP contribution in [0.25, 0.3) is 0 Å². The van der Waals surface area contributed by atoms with Gasteiger partial charge in [-0.3, -0.25) is 4.79 Å². The Kier molecular flexibility index (Phi) is 5.26. The molecule has 0 atom stereocenters. The number of benzene rings is 2. The van der Waals surface area contributed by atoms with E-state index in [2.05, 4.69) is 21.2 Å². The molecular weight excluding hydrogens is 352 g/mol. The number of anilines is 1. The monoisotopic (exact) mass is 366 g/mol. The molecule has 21 heavy (non-hydrogen) atoms. The first kappa shape index (κ1) is 15.9. The van der Waals surface area contributed by atoms with E-state index in [-0.39, 0.29) is 5.91 Å². The SMILES string of the molecule is CN(C)C(=O)c1ccc(NCc2cc(Cl)ccc2Br)cc1. The average molecular weight is 368 g/mol. The van der Waals surface area contributed by atoms with E-state index in [1.54, 1.807) is 19.0 Å². The molecule has 0 unspecified atom stereocenters. The van der Waals surface area contributed by atoms with E-state index < -0.39 is 0 Å². The third-order valence-corrected chi connectivity index (χ3v) is 4.04. The van der Waals surface area contributed by atoms with Crippen LogP contribution in [0.1, 0.15) is 15.9 Å². The molecule has 0 aromatic heterocycles. The molecule has 2 aromatic rings. The van der Waals surface area contributed by atoms with Gasteiger partial charge in [-0.25, -0.2) is 0 Å². The quantitative estimate of drug-likeness (QED) is 0.868. The number of nitrogens with one attached hydrogen (secondary N) is 1. The molecule has 0 aliphatic rings. The van der Waals surface area contributed by atoms with Gasteiger partial charge in [0.25, 0.3) is 5.91 Å². The van der Waals surface area contributed by atoms with E-state index in [4.69, 9.17) is 11.6 Å². The summed E-state index contributed by atoms with van der Waals surface area (Å²) in [6, 6.07) is 13.1. The Balaban J connectivity index is 2.04. The first-order valence-electron chi connectivity index (χ1n) is 6.47. The molecule has 0 fully saturated rings. The van der Waals surface area contributed by atoms with Crippen LogP contribution in [0.15, 0.2) is 46.9 Å². The third kappa shape index (κ3) is 4.22. The van der Waals surface area contributed by atoms with Gasteiger partial charge >= 0.3 is 0 Å². The summed E-state index contributed by atoms with van der Waals surface area (Å²) in [5.74, 6) is -0.000800. The molecule has 2 rings (SSSR count). The molecule has 5 heteroatoms. The number of carbonyl (C=O) groups excluding carboxylic acids is 1. The predicted molar refractivity (Wildman–Crippen MR) is 90.9 cm³/mol. The van der Waals surface area contributed by atoms with Crippen molar-refractivity contribution >= 4 is 39.1 Å². The molecular formula is C16H16BrClN2O. The van der Waals surface area contributed by atoms with E-state index in [1.165, 1.54) is 0 Å². The molecule has 1 amide bonds. The Labute approximate surface area is 138 Å². The minimum atomic E-state index is -0.000800. The summed E-state index contributed by atoms with van der Waals surface area (Å²) < 4.78 is 1.01. The molecule has 0 bridgehead atoms. The number of rotatable bonds is 4. The fraction of sp³-hybridized carbons (Fsp3) is 0.188. The number of nitrogens with zero attached hydrogens (tertiary/aromatic N) is 1. The molecule has 3 nitrogen and oxygen atoms in total. The molecule has 110 valence electrons. The lowest BCUT2D eigenvalue weighted by Crippen LogP contribution is -2.21. The van der Waals surface area contributed by atoms with Crippen LogP contribution in [-0.4, -0.2) is 24.9 Å². The molecule has 0 saturated heterocycles. The van der Waals surface area contributed by atoms with E-state index in [1.807, 2.05) is 42.5 Å². The molecule has 0 spiro atoms. The van der Waals surface area contributed by atoms with Crippen molar-refractivity contribution in [2.45, 2.75) is 6.54 Å². The Morgan fingerprint density at radius 3 is 2.48 bits per heavy atom. The fourth-order valence-corrected chi connectivity index (χ4v) is 2.45. The standard InChI is InChI=1S/C16H16BrClN2O/c1-20(2)16(21)11-3-6-14(7-4-11)19-10-12-9-13(18)5-8-15(12)17/h3-9,19H,10H2,1-2H3. The highest BCUT2D eigenvalue weighted by atomic mass is 79.9. The van der Waals surface area contributed by atoms with Crippen molar-refractivity contribution in [1.29, 1.82) is 0 Å². The van der Waals surface area contributed by atoms with Crippen molar-refractivity contribution in [3.63, 3.8) is 0 Å². The van der Waals surface area contributed by atoms with Gasteiger partial charge in [-0.2, -0.15) is 0 Å². The maximum atomic E-state index is 11.8. The first-order chi connectivity index (χ1) is 9.97. The fourth-order valence-electron chi connectivity index (χ4n) is 1.86.